The summed E-state index contributed by atoms with van der Waals surface area (Å²) in [5.74, 6) is -1.94. The van der Waals surface area contributed by atoms with E-state index in [1.54, 1.807) is 13.8 Å². The van der Waals surface area contributed by atoms with E-state index < -0.39 is 36.3 Å². The summed E-state index contributed by atoms with van der Waals surface area (Å²) in [6.07, 6.45) is -3.33. The molecular weight excluding hydrogens is 342 g/mol. The number of carbonyl (C=O) groups is 1. The Bertz CT molecular complexity index is 765. The molecule has 0 saturated heterocycles. The zero-order valence-corrected chi connectivity index (χ0v) is 13.4. The Morgan fingerprint density at radius 3 is 2.64 bits per heavy atom. The largest absolute Gasteiger partial charge is 0.481 e. The van der Waals surface area contributed by atoms with Crippen LogP contribution in [0.3, 0.4) is 0 Å². The molecule has 134 valence electrons. The van der Waals surface area contributed by atoms with Gasteiger partial charge in [0.1, 0.15) is 12.0 Å². The summed E-state index contributed by atoms with van der Waals surface area (Å²) in [6.45, 7) is 1.70. The average Bonchev–Trinajstić information content (AvgIpc) is 2.53. The molecule has 0 bridgehead atoms. The summed E-state index contributed by atoms with van der Waals surface area (Å²) in [7, 11) is 0. The van der Waals surface area contributed by atoms with Gasteiger partial charge >= 0.3 is 6.18 Å². The van der Waals surface area contributed by atoms with Crippen LogP contribution in [0.2, 0.25) is 0 Å². The second-order valence-corrected chi connectivity index (χ2v) is 5.33. The Balaban J connectivity index is 2.11. The number of amides is 1. The minimum atomic E-state index is -4.58. The van der Waals surface area contributed by atoms with Crippen LogP contribution in [0.4, 0.5) is 17.6 Å². The summed E-state index contributed by atoms with van der Waals surface area (Å²) in [5, 5.41) is 2.63. The molecule has 1 heterocycles. The quantitative estimate of drug-likeness (QED) is 0.834. The van der Waals surface area contributed by atoms with Crippen LogP contribution in [0, 0.1) is 12.7 Å². The topological polar surface area (TPSA) is 64.1 Å². The number of carbonyl (C=O) groups excluding carboxylic acids is 1. The third kappa shape index (κ3) is 5.40. The number of aryl methyl sites for hydroxylation is 1. The minimum absolute atomic E-state index is 0.148. The van der Waals surface area contributed by atoms with Crippen LogP contribution in [0.25, 0.3) is 0 Å². The molecule has 1 amide bonds. The molecule has 1 aromatic carbocycles. The van der Waals surface area contributed by atoms with Gasteiger partial charge in [-0.3, -0.25) is 4.79 Å². The lowest BCUT2D eigenvalue weighted by Crippen LogP contribution is -2.27. The first kappa shape index (κ1) is 18.6. The summed E-state index contributed by atoms with van der Waals surface area (Å²) in [6, 6.07) is 4.35. The van der Waals surface area contributed by atoms with Gasteiger partial charge in [-0.05, 0) is 37.6 Å². The van der Waals surface area contributed by atoms with Crippen molar-refractivity contribution in [1.82, 2.24) is 15.3 Å². The lowest BCUT2D eigenvalue weighted by Gasteiger charge is -2.16. The van der Waals surface area contributed by atoms with Crippen LogP contribution >= 0.6 is 0 Å². The number of rotatable bonds is 5. The molecule has 0 radical (unpaired) electrons. The van der Waals surface area contributed by atoms with Gasteiger partial charge in [-0.1, -0.05) is 6.07 Å². The molecule has 2 rings (SSSR count). The normalized spacial score (nSPS) is 12.6. The number of ether oxygens (including phenoxy) is 1. The maximum Gasteiger partial charge on any atom is 0.422 e. The standard InChI is InChI=1S/C16H15F4N3O2/c1-9-5-13(22-8-21-9)15(24)23-10(2)11-3-4-12(17)14(6-11)25-7-16(18,19)20/h3-6,8,10H,7H2,1-2H3,(H,23,24). The molecule has 5 nitrogen and oxygen atoms in total. The van der Waals surface area contributed by atoms with Gasteiger partial charge in [0.05, 0.1) is 6.04 Å². The Labute approximate surface area is 141 Å². The van der Waals surface area contributed by atoms with Gasteiger partial charge in [-0.2, -0.15) is 13.2 Å². The van der Waals surface area contributed by atoms with Crippen molar-refractivity contribution in [3.8, 4) is 5.75 Å². The van der Waals surface area contributed by atoms with Crippen molar-refractivity contribution < 1.29 is 27.1 Å². The molecule has 0 fully saturated rings. The van der Waals surface area contributed by atoms with E-state index in [4.69, 9.17) is 0 Å². The monoisotopic (exact) mass is 357 g/mol. The van der Waals surface area contributed by atoms with E-state index in [1.807, 2.05) is 0 Å². The van der Waals surface area contributed by atoms with E-state index >= 15 is 0 Å². The smallest absolute Gasteiger partial charge is 0.422 e. The first-order valence-electron chi connectivity index (χ1n) is 7.24. The Morgan fingerprint density at radius 1 is 1.28 bits per heavy atom. The van der Waals surface area contributed by atoms with E-state index in [2.05, 4.69) is 20.0 Å². The molecule has 1 N–H and O–H groups in total. The van der Waals surface area contributed by atoms with Crippen molar-refractivity contribution in [2.75, 3.05) is 6.61 Å². The fourth-order valence-corrected chi connectivity index (χ4v) is 1.99. The van der Waals surface area contributed by atoms with Crippen LogP contribution < -0.4 is 10.1 Å². The summed E-state index contributed by atoms with van der Waals surface area (Å²) in [4.78, 5) is 19.9. The highest BCUT2D eigenvalue weighted by Gasteiger charge is 2.29. The molecule has 2 aromatic rings. The number of halogens is 4. The van der Waals surface area contributed by atoms with E-state index in [1.165, 1.54) is 18.5 Å². The summed E-state index contributed by atoms with van der Waals surface area (Å²) >= 11 is 0. The highest BCUT2D eigenvalue weighted by Crippen LogP contribution is 2.25. The van der Waals surface area contributed by atoms with Crippen LogP contribution in [0.15, 0.2) is 30.6 Å². The minimum Gasteiger partial charge on any atom is -0.481 e. The third-order valence-electron chi connectivity index (χ3n) is 3.23. The Morgan fingerprint density at radius 2 is 2.00 bits per heavy atom. The van der Waals surface area contributed by atoms with E-state index in [0.29, 0.717) is 11.3 Å². The van der Waals surface area contributed by atoms with E-state index in [0.717, 1.165) is 12.1 Å². The van der Waals surface area contributed by atoms with Crippen molar-refractivity contribution in [1.29, 1.82) is 0 Å². The van der Waals surface area contributed by atoms with E-state index in [-0.39, 0.29) is 5.69 Å². The van der Waals surface area contributed by atoms with Gasteiger partial charge in [0, 0.05) is 5.69 Å². The number of nitrogens with one attached hydrogen (secondary N) is 1. The fraction of sp³-hybridized carbons (Fsp3) is 0.312. The fourth-order valence-electron chi connectivity index (χ4n) is 1.99. The molecule has 0 aliphatic rings. The van der Waals surface area contributed by atoms with Crippen LogP contribution in [-0.2, 0) is 0 Å². The van der Waals surface area contributed by atoms with E-state index in [9.17, 15) is 22.4 Å². The van der Waals surface area contributed by atoms with Crippen molar-refractivity contribution in [2.45, 2.75) is 26.1 Å². The molecule has 9 heteroatoms. The molecule has 0 saturated carbocycles. The maximum atomic E-state index is 13.6. The van der Waals surface area contributed by atoms with Crippen molar-refractivity contribution in [3.05, 3.63) is 53.4 Å². The Hall–Kier alpha value is -2.71. The summed E-state index contributed by atoms with van der Waals surface area (Å²) in [5.41, 5.74) is 1.14. The molecular formula is C16H15F4N3O2. The van der Waals surface area contributed by atoms with Crippen LogP contribution in [0.1, 0.15) is 34.7 Å². The predicted octanol–water partition coefficient (Wildman–Crippen LogP) is 3.36. The predicted molar refractivity (Wildman–Crippen MR) is 80.6 cm³/mol. The van der Waals surface area contributed by atoms with Gasteiger partial charge in [0.15, 0.2) is 18.2 Å². The number of hydrogen-bond donors (Lipinski definition) is 1. The number of benzene rings is 1. The lowest BCUT2D eigenvalue weighted by molar-refractivity contribution is -0.153. The van der Waals surface area contributed by atoms with Gasteiger partial charge in [0.2, 0.25) is 0 Å². The van der Waals surface area contributed by atoms with Gasteiger partial charge in [-0.25, -0.2) is 14.4 Å². The SMILES string of the molecule is Cc1cc(C(=O)NC(C)c2ccc(F)c(OCC(F)(F)F)c2)ncn1. The highest BCUT2D eigenvalue weighted by atomic mass is 19.4. The number of aromatic nitrogens is 2. The maximum absolute atomic E-state index is 13.6. The number of hydrogen-bond acceptors (Lipinski definition) is 4. The molecule has 1 aromatic heterocycles. The van der Waals surface area contributed by atoms with Gasteiger partial charge < -0.3 is 10.1 Å². The molecule has 0 aliphatic heterocycles. The highest BCUT2D eigenvalue weighted by molar-refractivity contribution is 5.92. The van der Waals surface area contributed by atoms with Crippen molar-refractivity contribution in [3.63, 3.8) is 0 Å². The number of nitrogens with zero attached hydrogens (tertiary/aromatic N) is 2. The molecule has 0 spiro atoms. The van der Waals surface area contributed by atoms with Crippen molar-refractivity contribution >= 4 is 5.91 Å². The Kier molecular flexibility index (Phi) is 5.55. The van der Waals surface area contributed by atoms with Crippen LogP contribution in [-0.4, -0.2) is 28.7 Å². The molecule has 1 atom stereocenters. The van der Waals surface area contributed by atoms with Gasteiger partial charge in [-0.15, -0.1) is 0 Å². The number of alkyl halides is 3. The summed E-state index contributed by atoms with van der Waals surface area (Å²) < 4.78 is 54.7. The van der Waals surface area contributed by atoms with Gasteiger partial charge in [0.25, 0.3) is 5.91 Å². The average molecular weight is 357 g/mol. The zero-order chi connectivity index (χ0) is 18.6. The van der Waals surface area contributed by atoms with Crippen molar-refractivity contribution in [2.24, 2.45) is 0 Å². The first-order chi connectivity index (χ1) is 11.7. The molecule has 0 aliphatic carbocycles. The lowest BCUT2D eigenvalue weighted by atomic mass is 10.1. The second kappa shape index (κ2) is 7.45. The molecule has 1 unspecified atom stereocenters. The third-order valence-corrected chi connectivity index (χ3v) is 3.23. The molecule has 25 heavy (non-hydrogen) atoms. The second-order valence-electron chi connectivity index (χ2n) is 5.33. The zero-order valence-electron chi connectivity index (χ0n) is 13.4. The first-order valence-corrected chi connectivity index (χ1v) is 7.24. The van der Waals surface area contributed by atoms with Crippen LogP contribution in [0.5, 0.6) is 5.75 Å².